The van der Waals surface area contributed by atoms with Crippen LogP contribution in [0.3, 0.4) is 0 Å². The van der Waals surface area contributed by atoms with Crippen LogP contribution in [0.4, 0.5) is 13.2 Å². The summed E-state index contributed by atoms with van der Waals surface area (Å²) >= 11 is 0. The van der Waals surface area contributed by atoms with E-state index in [0.29, 0.717) is 11.1 Å². The molecule has 0 saturated heterocycles. The molecule has 8 heteroatoms. The lowest BCUT2D eigenvalue weighted by atomic mass is 10.1. The van der Waals surface area contributed by atoms with Crippen molar-refractivity contribution >= 4 is 5.91 Å². The maximum Gasteiger partial charge on any atom is 0.230 e. The number of hydrogen-bond donors (Lipinski definition) is 0. The Morgan fingerprint density at radius 3 is 2.54 bits per heavy atom. The van der Waals surface area contributed by atoms with Gasteiger partial charge in [0.05, 0.1) is 18.7 Å². The fourth-order valence-corrected chi connectivity index (χ4v) is 3.57. The number of nitrogens with zero attached hydrogens (tertiary/aromatic N) is 3. The molecule has 2 aromatic heterocycles. The summed E-state index contributed by atoms with van der Waals surface area (Å²) in [4.78, 5) is 22.8. The van der Waals surface area contributed by atoms with Crippen LogP contribution in [0.2, 0.25) is 0 Å². The molecule has 0 spiro atoms. The van der Waals surface area contributed by atoms with Crippen molar-refractivity contribution in [3.05, 3.63) is 114 Å². The molecule has 1 aromatic carbocycles. The van der Waals surface area contributed by atoms with E-state index in [1.165, 1.54) is 29.3 Å². The number of halogens is 3. The zero-order chi connectivity index (χ0) is 24.9. The molecule has 1 aliphatic heterocycles. The highest BCUT2D eigenvalue weighted by Crippen LogP contribution is 2.26. The van der Waals surface area contributed by atoms with Gasteiger partial charge in [0.1, 0.15) is 11.6 Å². The van der Waals surface area contributed by atoms with Gasteiger partial charge in [-0.15, -0.1) is 0 Å². The van der Waals surface area contributed by atoms with Crippen molar-refractivity contribution in [2.45, 2.75) is 19.9 Å². The van der Waals surface area contributed by atoms with E-state index in [9.17, 15) is 18.0 Å². The Kier molecular flexibility index (Phi) is 7.10. The van der Waals surface area contributed by atoms with E-state index >= 15 is 0 Å². The minimum atomic E-state index is -0.890. The number of carbonyl (C=O) groups is 1. The van der Waals surface area contributed by atoms with Crippen LogP contribution < -0.4 is 4.74 Å². The summed E-state index contributed by atoms with van der Waals surface area (Å²) in [5, 5.41) is 0. The van der Waals surface area contributed by atoms with Gasteiger partial charge in [-0.25, -0.2) is 13.2 Å². The Bertz CT molecular complexity index is 1330. The zero-order valence-electron chi connectivity index (χ0n) is 19.0. The SMILES string of the molecule is C=C1/C=C\C=C(\Oc2c(F)cccc2F)CC(=O)N(Cc2ncc(-c3ccnc(C)c3)cc2F)C1. The molecule has 5 nitrogen and oxygen atoms in total. The number of allylic oxidation sites excluding steroid dienone is 2. The predicted molar refractivity (Wildman–Crippen MR) is 126 cm³/mol. The van der Waals surface area contributed by atoms with Crippen LogP contribution in [-0.2, 0) is 11.3 Å². The smallest absolute Gasteiger partial charge is 0.230 e. The van der Waals surface area contributed by atoms with Crippen LogP contribution in [0.25, 0.3) is 11.1 Å². The molecule has 0 aliphatic carbocycles. The second kappa shape index (κ2) is 10.4. The topological polar surface area (TPSA) is 55.3 Å². The number of rotatable bonds is 5. The molecule has 1 aliphatic rings. The summed E-state index contributed by atoms with van der Waals surface area (Å²) in [6, 6.07) is 8.29. The van der Waals surface area contributed by atoms with Crippen molar-refractivity contribution in [1.82, 2.24) is 14.9 Å². The van der Waals surface area contributed by atoms with Crippen LogP contribution in [-0.4, -0.2) is 27.3 Å². The molecule has 0 N–H and O–H groups in total. The third kappa shape index (κ3) is 5.84. The summed E-state index contributed by atoms with van der Waals surface area (Å²) in [7, 11) is 0. The first-order valence-corrected chi connectivity index (χ1v) is 10.8. The van der Waals surface area contributed by atoms with Crippen LogP contribution >= 0.6 is 0 Å². The molecule has 1 amide bonds. The number of para-hydroxylation sites is 1. The van der Waals surface area contributed by atoms with E-state index in [-0.39, 0.29) is 31.0 Å². The van der Waals surface area contributed by atoms with E-state index in [4.69, 9.17) is 4.74 Å². The minimum Gasteiger partial charge on any atom is -0.455 e. The highest BCUT2D eigenvalue weighted by Gasteiger charge is 2.22. The maximum atomic E-state index is 15.0. The highest BCUT2D eigenvalue weighted by molar-refractivity contribution is 5.79. The first-order valence-electron chi connectivity index (χ1n) is 10.8. The summed E-state index contributed by atoms with van der Waals surface area (Å²) in [6.45, 7) is 5.76. The Labute approximate surface area is 200 Å². The number of hydrogen-bond acceptors (Lipinski definition) is 4. The highest BCUT2D eigenvalue weighted by atomic mass is 19.1. The molecular weight excluding hydrogens is 455 g/mol. The third-order valence-corrected chi connectivity index (χ3v) is 5.33. The standard InChI is InChI=1S/C27H22F3N3O2/c1-17-5-3-6-21(35-27-22(28)7-4-8-23(27)29)13-26(34)33(15-17)16-25-24(30)12-20(14-32-25)19-9-10-31-18(2)11-19/h3-12,14H,1,13,15-16H2,2H3/b5-3-,21-6+. The quantitative estimate of drug-likeness (QED) is 0.475. The van der Waals surface area contributed by atoms with Gasteiger partial charge < -0.3 is 9.64 Å². The molecule has 0 atom stereocenters. The van der Waals surface area contributed by atoms with Gasteiger partial charge in [0.2, 0.25) is 5.91 Å². The first kappa shape index (κ1) is 23.9. The number of ether oxygens (including phenoxy) is 1. The molecule has 3 aromatic rings. The monoisotopic (exact) mass is 477 g/mol. The van der Waals surface area contributed by atoms with E-state index in [1.54, 1.807) is 24.4 Å². The Hall–Kier alpha value is -4.20. The summed E-state index contributed by atoms with van der Waals surface area (Å²) in [5.74, 6) is -3.34. The lowest BCUT2D eigenvalue weighted by Crippen LogP contribution is -2.33. The summed E-state index contributed by atoms with van der Waals surface area (Å²) < 4.78 is 48.4. The van der Waals surface area contributed by atoms with Gasteiger partial charge in [-0.1, -0.05) is 24.8 Å². The van der Waals surface area contributed by atoms with E-state index in [1.807, 2.05) is 13.0 Å². The third-order valence-electron chi connectivity index (χ3n) is 5.33. The van der Waals surface area contributed by atoms with Crippen molar-refractivity contribution in [2.75, 3.05) is 6.54 Å². The number of aryl methyl sites for hydroxylation is 1. The Morgan fingerprint density at radius 2 is 1.83 bits per heavy atom. The molecule has 0 radical (unpaired) electrons. The first-order chi connectivity index (χ1) is 16.8. The fourth-order valence-electron chi connectivity index (χ4n) is 3.57. The number of pyridine rings is 2. The molecule has 4 rings (SSSR count). The second-order valence-corrected chi connectivity index (χ2v) is 8.07. The average molecular weight is 477 g/mol. The largest absolute Gasteiger partial charge is 0.455 e. The van der Waals surface area contributed by atoms with Crippen LogP contribution in [0.15, 0.2) is 84.9 Å². The van der Waals surface area contributed by atoms with E-state index < -0.39 is 29.1 Å². The Morgan fingerprint density at radius 1 is 1.06 bits per heavy atom. The van der Waals surface area contributed by atoms with Crippen molar-refractivity contribution in [3.8, 4) is 16.9 Å². The lowest BCUT2D eigenvalue weighted by Gasteiger charge is -2.23. The number of aromatic nitrogens is 2. The molecule has 178 valence electrons. The molecular formula is C27H22F3N3O2. The van der Waals surface area contributed by atoms with Gasteiger partial charge in [0, 0.05) is 30.2 Å². The average Bonchev–Trinajstić information content (AvgIpc) is 2.87. The Balaban J connectivity index is 1.55. The van der Waals surface area contributed by atoms with Crippen LogP contribution in [0, 0.1) is 24.4 Å². The maximum absolute atomic E-state index is 15.0. The molecule has 3 heterocycles. The van der Waals surface area contributed by atoms with Crippen molar-refractivity contribution < 1.29 is 22.7 Å². The van der Waals surface area contributed by atoms with Gasteiger partial charge in [0.15, 0.2) is 17.4 Å². The van der Waals surface area contributed by atoms with Crippen molar-refractivity contribution in [3.63, 3.8) is 0 Å². The molecule has 0 unspecified atom stereocenters. The minimum absolute atomic E-state index is 0.0341. The normalized spacial score (nSPS) is 16.7. The van der Waals surface area contributed by atoms with Crippen molar-refractivity contribution in [1.29, 1.82) is 0 Å². The second-order valence-electron chi connectivity index (χ2n) is 8.07. The van der Waals surface area contributed by atoms with Gasteiger partial charge in [-0.3, -0.25) is 14.8 Å². The zero-order valence-corrected chi connectivity index (χ0v) is 19.0. The molecule has 35 heavy (non-hydrogen) atoms. The van der Waals surface area contributed by atoms with Crippen molar-refractivity contribution in [2.24, 2.45) is 0 Å². The summed E-state index contributed by atoms with van der Waals surface area (Å²) in [5.41, 5.74) is 2.82. The fraction of sp³-hybridized carbons (Fsp3) is 0.148. The van der Waals surface area contributed by atoms with Gasteiger partial charge >= 0.3 is 0 Å². The molecule has 0 bridgehead atoms. The van der Waals surface area contributed by atoms with Gasteiger partial charge in [-0.05, 0) is 54.5 Å². The summed E-state index contributed by atoms with van der Waals surface area (Å²) in [6.07, 6.45) is 7.56. The predicted octanol–water partition coefficient (Wildman–Crippen LogP) is 5.68. The van der Waals surface area contributed by atoms with Crippen LogP contribution in [0.1, 0.15) is 17.8 Å². The number of carbonyl (C=O) groups excluding carboxylic acids is 1. The number of benzene rings is 1. The van der Waals surface area contributed by atoms with Gasteiger partial charge in [0.25, 0.3) is 0 Å². The lowest BCUT2D eigenvalue weighted by molar-refractivity contribution is -0.131. The van der Waals surface area contributed by atoms with Gasteiger partial charge in [-0.2, -0.15) is 0 Å². The molecule has 0 saturated carbocycles. The van der Waals surface area contributed by atoms with Crippen LogP contribution in [0.5, 0.6) is 5.75 Å². The van der Waals surface area contributed by atoms with E-state index in [0.717, 1.165) is 23.4 Å². The molecule has 0 fully saturated rings. The number of amides is 1. The van der Waals surface area contributed by atoms with E-state index in [2.05, 4.69) is 16.5 Å².